The number of amides is 1. The van der Waals surface area contributed by atoms with E-state index in [4.69, 9.17) is 0 Å². The second-order valence-corrected chi connectivity index (χ2v) is 6.92. The molecule has 1 saturated heterocycles. The van der Waals surface area contributed by atoms with E-state index < -0.39 is 0 Å². The van der Waals surface area contributed by atoms with Crippen molar-refractivity contribution in [2.75, 3.05) is 26.7 Å². The lowest BCUT2D eigenvalue weighted by Gasteiger charge is -2.32. The van der Waals surface area contributed by atoms with Crippen molar-refractivity contribution in [1.29, 1.82) is 0 Å². The van der Waals surface area contributed by atoms with Crippen molar-refractivity contribution in [3.05, 3.63) is 46.4 Å². The van der Waals surface area contributed by atoms with E-state index in [0.717, 1.165) is 32.5 Å². The summed E-state index contributed by atoms with van der Waals surface area (Å²) in [4.78, 5) is 14.7. The normalized spacial score (nSPS) is 18.0. The molecule has 1 N–H and O–H groups in total. The van der Waals surface area contributed by atoms with Crippen LogP contribution >= 0.6 is 15.9 Å². The summed E-state index contributed by atoms with van der Waals surface area (Å²) in [7, 11) is 1.93. The van der Waals surface area contributed by atoms with Crippen LogP contribution in [0.5, 0.6) is 0 Å². The predicted molar refractivity (Wildman–Crippen MR) is 93.8 cm³/mol. The van der Waals surface area contributed by atoms with Gasteiger partial charge in [-0.15, -0.1) is 0 Å². The molecule has 7 heteroatoms. The third-order valence-corrected chi connectivity index (χ3v) is 4.84. The van der Waals surface area contributed by atoms with Gasteiger partial charge in [0.05, 0.1) is 10.2 Å². The van der Waals surface area contributed by atoms with Gasteiger partial charge in [0.1, 0.15) is 5.82 Å². The van der Waals surface area contributed by atoms with E-state index in [1.165, 1.54) is 12.1 Å². The predicted octanol–water partition coefficient (Wildman–Crippen LogP) is 2.85. The first-order valence-corrected chi connectivity index (χ1v) is 8.82. The Labute approximate surface area is 149 Å². The highest BCUT2D eigenvalue weighted by molar-refractivity contribution is 9.10. The zero-order valence-electron chi connectivity index (χ0n) is 13.5. The molecule has 0 spiro atoms. The fourth-order valence-electron chi connectivity index (χ4n) is 3.08. The third kappa shape index (κ3) is 3.67. The number of hydrogen-bond acceptors (Lipinski definition) is 3. The van der Waals surface area contributed by atoms with E-state index in [9.17, 15) is 9.18 Å². The van der Waals surface area contributed by atoms with Gasteiger partial charge in [-0.1, -0.05) is 0 Å². The number of halogens is 2. The first kappa shape index (κ1) is 17.1. The van der Waals surface area contributed by atoms with E-state index in [1.54, 1.807) is 23.0 Å². The van der Waals surface area contributed by atoms with Gasteiger partial charge in [0.25, 0.3) is 5.91 Å². The number of benzene rings is 1. The van der Waals surface area contributed by atoms with Gasteiger partial charge in [0.15, 0.2) is 5.69 Å². The van der Waals surface area contributed by atoms with Crippen LogP contribution in [0.25, 0.3) is 5.69 Å². The highest BCUT2D eigenvalue weighted by Gasteiger charge is 2.27. The third-order valence-electron chi connectivity index (χ3n) is 4.26. The van der Waals surface area contributed by atoms with Crippen molar-refractivity contribution in [1.82, 2.24) is 20.0 Å². The Morgan fingerprint density at radius 1 is 1.42 bits per heavy atom. The van der Waals surface area contributed by atoms with Gasteiger partial charge in [0, 0.05) is 19.3 Å². The van der Waals surface area contributed by atoms with Crippen LogP contribution in [0.4, 0.5) is 4.39 Å². The summed E-state index contributed by atoms with van der Waals surface area (Å²) in [6, 6.07) is 6.01. The van der Waals surface area contributed by atoms with Crippen LogP contribution < -0.4 is 5.32 Å². The minimum Gasteiger partial charge on any atom is -0.337 e. The van der Waals surface area contributed by atoms with Crippen molar-refractivity contribution in [3.8, 4) is 5.69 Å². The summed E-state index contributed by atoms with van der Waals surface area (Å²) in [5, 5.41) is 7.58. The molecule has 0 aliphatic carbocycles. The number of carbonyl (C=O) groups excluding carboxylic acids is 1. The minimum atomic E-state index is -0.301. The van der Waals surface area contributed by atoms with Crippen molar-refractivity contribution in [2.45, 2.75) is 12.8 Å². The van der Waals surface area contributed by atoms with Gasteiger partial charge in [-0.25, -0.2) is 9.07 Å². The number of likely N-dealkylation sites (tertiary alicyclic amines) is 1. The quantitative estimate of drug-likeness (QED) is 0.867. The van der Waals surface area contributed by atoms with Crippen LogP contribution in [0.2, 0.25) is 0 Å². The Morgan fingerprint density at radius 3 is 2.88 bits per heavy atom. The Hall–Kier alpha value is -1.73. The number of rotatable bonds is 4. The molecule has 5 nitrogen and oxygen atoms in total. The van der Waals surface area contributed by atoms with Crippen LogP contribution in [0.1, 0.15) is 23.3 Å². The van der Waals surface area contributed by atoms with Crippen LogP contribution in [0.15, 0.2) is 34.9 Å². The molecular weight excluding hydrogens is 375 g/mol. The van der Waals surface area contributed by atoms with Crippen molar-refractivity contribution in [3.63, 3.8) is 0 Å². The lowest BCUT2D eigenvalue weighted by Crippen LogP contribution is -2.42. The Bertz CT molecular complexity index is 714. The zero-order chi connectivity index (χ0) is 17.1. The fraction of sp³-hybridized carbons (Fsp3) is 0.412. The average Bonchev–Trinajstić information content (AvgIpc) is 2.97. The topological polar surface area (TPSA) is 50.2 Å². The van der Waals surface area contributed by atoms with E-state index in [1.807, 2.05) is 11.9 Å². The first-order valence-electron chi connectivity index (χ1n) is 8.03. The Morgan fingerprint density at radius 2 is 2.17 bits per heavy atom. The lowest BCUT2D eigenvalue weighted by molar-refractivity contribution is 0.0667. The first-order chi connectivity index (χ1) is 11.6. The molecule has 1 aliphatic heterocycles. The maximum Gasteiger partial charge on any atom is 0.275 e. The molecule has 0 radical (unpaired) electrons. The van der Waals surface area contributed by atoms with Gasteiger partial charge >= 0.3 is 0 Å². The van der Waals surface area contributed by atoms with Crippen LogP contribution in [-0.2, 0) is 0 Å². The van der Waals surface area contributed by atoms with Gasteiger partial charge in [-0.3, -0.25) is 4.79 Å². The maximum absolute atomic E-state index is 13.1. The Kier molecular flexibility index (Phi) is 5.30. The molecule has 1 atom stereocenters. The monoisotopic (exact) mass is 394 g/mol. The summed E-state index contributed by atoms with van der Waals surface area (Å²) < 4.78 is 15.3. The molecule has 1 unspecified atom stereocenters. The molecule has 0 bridgehead atoms. The fourth-order valence-corrected chi connectivity index (χ4v) is 3.52. The molecule has 2 aromatic rings. The number of aromatic nitrogens is 2. The van der Waals surface area contributed by atoms with Crippen molar-refractivity contribution in [2.24, 2.45) is 5.92 Å². The van der Waals surface area contributed by atoms with E-state index >= 15 is 0 Å². The van der Waals surface area contributed by atoms with Gasteiger partial charge < -0.3 is 10.2 Å². The largest absolute Gasteiger partial charge is 0.337 e. The van der Waals surface area contributed by atoms with E-state index in [0.29, 0.717) is 21.8 Å². The lowest BCUT2D eigenvalue weighted by atomic mass is 9.98. The number of carbonyl (C=O) groups is 1. The Balaban J connectivity index is 1.79. The molecule has 1 aliphatic rings. The standard InChI is InChI=1S/C17H20BrFN4O/c1-20-9-12-3-2-8-22(10-12)17(24)16-15(18)11-23(21-16)14-6-4-13(19)5-7-14/h4-7,11-12,20H,2-3,8-10H2,1H3. The maximum atomic E-state index is 13.1. The molecule has 1 aromatic carbocycles. The molecular formula is C17H20BrFN4O. The molecule has 128 valence electrons. The van der Waals surface area contributed by atoms with E-state index in [-0.39, 0.29) is 11.7 Å². The molecule has 2 heterocycles. The van der Waals surface area contributed by atoms with Crippen molar-refractivity contribution < 1.29 is 9.18 Å². The summed E-state index contributed by atoms with van der Waals surface area (Å²) in [5.74, 6) is 0.111. The van der Waals surface area contributed by atoms with Crippen LogP contribution in [0.3, 0.4) is 0 Å². The highest BCUT2D eigenvalue weighted by atomic mass is 79.9. The smallest absolute Gasteiger partial charge is 0.275 e. The zero-order valence-corrected chi connectivity index (χ0v) is 15.1. The van der Waals surface area contributed by atoms with Crippen molar-refractivity contribution >= 4 is 21.8 Å². The second kappa shape index (κ2) is 7.44. The van der Waals surface area contributed by atoms with E-state index in [2.05, 4.69) is 26.3 Å². The minimum absolute atomic E-state index is 0.0662. The number of piperidine rings is 1. The number of nitrogens with one attached hydrogen (secondary N) is 1. The molecule has 24 heavy (non-hydrogen) atoms. The van der Waals surface area contributed by atoms with Gasteiger partial charge in [-0.05, 0) is 72.5 Å². The summed E-state index contributed by atoms with van der Waals surface area (Å²) >= 11 is 3.42. The summed E-state index contributed by atoms with van der Waals surface area (Å²) in [5.41, 5.74) is 1.10. The molecule has 1 amide bonds. The molecule has 1 fully saturated rings. The van der Waals surface area contributed by atoms with Gasteiger partial charge in [0.2, 0.25) is 0 Å². The van der Waals surface area contributed by atoms with Gasteiger partial charge in [-0.2, -0.15) is 5.10 Å². The molecule has 3 rings (SSSR count). The summed E-state index contributed by atoms with van der Waals surface area (Å²) in [6.07, 6.45) is 3.87. The van der Waals surface area contributed by atoms with Crippen LogP contribution in [0, 0.1) is 11.7 Å². The SMILES string of the molecule is CNCC1CCCN(C(=O)c2nn(-c3ccc(F)cc3)cc2Br)C1. The average molecular weight is 395 g/mol. The molecule has 1 aromatic heterocycles. The van der Waals surface area contributed by atoms with Crippen LogP contribution in [-0.4, -0.2) is 47.3 Å². The molecule has 0 saturated carbocycles. The highest BCUT2D eigenvalue weighted by Crippen LogP contribution is 2.23. The second-order valence-electron chi connectivity index (χ2n) is 6.06. The number of hydrogen-bond donors (Lipinski definition) is 1. The summed E-state index contributed by atoms with van der Waals surface area (Å²) in [6.45, 7) is 2.42. The number of nitrogens with zero attached hydrogens (tertiary/aromatic N) is 3.